The van der Waals surface area contributed by atoms with Gasteiger partial charge in [0.15, 0.2) is 5.60 Å². The van der Waals surface area contributed by atoms with Gasteiger partial charge in [-0.15, -0.1) is 0 Å². The molecule has 0 spiro atoms. The number of methoxy groups -OCH3 is 1. The highest BCUT2D eigenvalue weighted by molar-refractivity contribution is 5.80. The lowest BCUT2D eigenvalue weighted by molar-refractivity contribution is -0.161. The van der Waals surface area contributed by atoms with E-state index in [1.54, 1.807) is 6.07 Å². The number of esters is 1. The van der Waals surface area contributed by atoms with Crippen LogP contribution in [0.2, 0.25) is 0 Å². The van der Waals surface area contributed by atoms with Crippen LogP contribution in [0.15, 0.2) is 18.2 Å². The van der Waals surface area contributed by atoms with E-state index in [1.165, 1.54) is 14.0 Å². The van der Waals surface area contributed by atoms with Gasteiger partial charge in [0.05, 0.1) is 7.11 Å². The normalized spacial score (nSPS) is 14.5. The molecule has 15 heavy (non-hydrogen) atoms. The van der Waals surface area contributed by atoms with Gasteiger partial charge in [-0.3, -0.25) is 0 Å². The number of hydrogen-bond acceptors (Lipinski definition) is 3. The Hall–Kier alpha value is -1.35. The largest absolute Gasteiger partial charge is 0.467 e. The number of carbonyl (C=O) groups excluding carboxylic acids is 1. The van der Waals surface area contributed by atoms with Crippen molar-refractivity contribution in [3.05, 3.63) is 34.9 Å². The van der Waals surface area contributed by atoms with Crippen LogP contribution >= 0.6 is 0 Å². The molecule has 1 aromatic carbocycles. The summed E-state index contributed by atoms with van der Waals surface area (Å²) in [6, 6.07) is 5.54. The van der Waals surface area contributed by atoms with Crippen molar-refractivity contribution >= 4 is 5.97 Å². The fourth-order valence-electron chi connectivity index (χ4n) is 1.67. The molecule has 0 heterocycles. The average Bonchev–Trinajstić information content (AvgIpc) is 2.15. The third kappa shape index (κ3) is 2.18. The first-order chi connectivity index (χ1) is 6.89. The highest BCUT2D eigenvalue weighted by Crippen LogP contribution is 2.25. The highest BCUT2D eigenvalue weighted by Gasteiger charge is 2.34. The van der Waals surface area contributed by atoms with Crippen molar-refractivity contribution in [3.8, 4) is 0 Å². The monoisotopic (exact) mass is 208 g/mol. The van der Waals surface area contributed by atoms with Crippen LogP contribution in [0, 0.1) is 13.8 Å². The Morgan fingerprint density at radius 1 is 1.40 bits per heavy atom. The summed E-state index contributed by atoms with van der Waals surface area (Å²) in [4.78, 5) is 11.4. The topological polar surface area (TPSA) is 46.5 Å². The summed E-state index contributed by atoms with van der Waals surface area (Å²) in [5, 5.41) is 10.1. The molecular formula is C12H16O3. The standard InChI is InChI=1S/C12H16O3/c1-8-5-6-10(9(2)7-8)12(3,14)11(13)15-4/h5-7,14H,1-4H3. The third-order valence-electron chi connectivity index (χ3n) is 2.49. The van der Waals surface area contributed by atoms with Gasteiger partial charge in [-0.2, -0.15) is 0 Å². The number of ether oxygens (including phenoxy) is 1. The number of carbonyl (C=O) groups is 1. The maximum atomic E-state index is 11.4. The van der Waals surface area contributed by atoms with E-state index in [9.17, 15) is 9.90 Å². The van der Waals surface area contributed by atoms with Gasteiger partial charge in [0.1, 0.15) is 0 Å². The van der Waals surface area contributed by atoms with Crippen molar-refractivity contribution < 1.29 is 14.6 Å². The van der Waals surface area contributed by atoms with Crippen LogP contribution in [0.3, 0.4) is 0 Å². The summed E-state index contributed by atoms with van der Waals surface area (Å²) in [6.45, 7) is 5.26. The molecule has 0 saturated heterocycles. The van der Waals surface area contributed by atoms with Crippen LogP contribution < -0.4 is 0 Å². The molecule has 1 atom stereocenters. The Bertz CT molecular complexity index is 380. The van der Waals surface area contributed by atoms with Gasteiger partial charge in [0, 0.05) is 0 Å². The maximum absolute atomic E-state index is 11.4. The smallest absolute Gasteiger partial charge is 0.342 e. The van der Waals surface area contributed by atoms with Gasteiger partial charge in [-0.1, -0.05) is 23.8 Å². The fraction of sp³-hybridized carbons (Fsp3) is 0.417. The molecular weight excluding hydrogens is 192 g/mol. The first-order valence-electron chi connectivity index (χ1n) is 4.78. The van der Waals surface area contributed by atoms with E-state index >= 15 is 0 Å². The number of rotatable bonds is 2. The number of hydrogen-bond donors (Lipinski definition) is 1. The van der Waals surface area contributed by atoms with Crippen LogP contribution in [-0.2, 0) is 15.1 Å². The minimum absolute atomic E-state index is 0.583. The van der Waals surface area contributed by atoms with E-state index in [1.807, 2.05) is 26.0 Å². The van der Waals surface area contributed by atoms with Crippen LogP contribution in [0.25, 0.3) is 0 Å². The van der Waals surface area contributed by atoms with Crippen molar-refractivity contribution in [2.24, 2.45) is 0 Å². The molecule has 3 heteroatoms. The predicted octanol–water partition coefficient (Wildman–Crippen LogP) is 1.68. The lowest BCUT2D eigenvalue weighted by Crippen LogP contribution is -2.34. The van der Waals surface area contributed by atoms with Gasteiger partial charge in [-0.05, 0) is 31.9 Å². The van der Waals surface area contributed by atoms with E-state index in [4.69, 9.17) is 0 Å². The van der Waals surface area contributed by atoms with Crippen molar-refractivity contribution in [2.75, 3.05) is 7.11 Å². The van der Waals surface area contributed by atoms with Gasteiger partial charge in [0.25, 0.3) is 0 Å². The molecule has 3 nitrogen and oxygen atoms in total. The van der Waals surface area contributed by atoms with Crippen LogP contribution in [-0.4, -0.2) is 18.2 Å². The molecule has 0 amide bonds. The Morgan fingerprint density at radius 3 is 2.47 bits per heavy atom. The summed E-state index contributed by atoms with van der Waals surface area (Å²) in [5.41, 5.74) is 0.981. The zero-order valence-electron chi connectivity index (χ0n) is 9.50. The zero-order valence-corrected chi connectivity index (χ0v) is 9.50. The minimum atomic E-state index is -1.58. The van der Waals surface area contributed by atoms with E-state index in [0.717, 1.165) is 11.1 Å². The second-order valence-electron chi connectivity index (χ2n) is 3.88. The van der Waals surface area contributed by atoms with Gasteiger partial charge < -0.3 is 9.84 Å². The molecule has 1 unspecified atom stereocenters. The summed E-state index contributed by atoms with van der Waals surface area (Å²) >= 11 is 0. The van der Waals surface area contributed by atoms with Crippen molar-refractivity contribution in [1.29, 1.82) is 0 Å². The molecule has 0 aliphatic rings. The zero-order chi connectivity index (χ0) is 11.6. The molecule has 0 radical (unpaired) electrons. The maximum Gasteiger partial charge on any atom is 0.342 e. The van der Waals surface area contributed by atoms with Crippen LogP contribution in [0.4, 0.5) is 0 Å². The molecule has 0 aliphatic carbocycles. The van der Waals surface area contributed by atoms with Gasteiger partial charge in [0.2, 0.25) is 0 Å². The quantitative estimate of drug-likeness (QED) is 0.752. The molecule has 0 fully saturated rings. The SMILES string of the molecule is COC(=O)C(C)(O)c1ccc(C)cc1C. The molecule has 82 valence electrons. The summed E-state index contributed by atoms with van der Waals surface area (Å²) in [6.07, 6.45) is 0. The number of aliphatic hydroxyl groups is 1. The van der Waals surface area contributed by atoms with Gasteiger partial charge >= 0.3 is 5.97 Å². The van der Waals surface area contributed by atoms with Gasteiger partial charge in [-0.25, -0.2) is 4.79 Å². The fourth-order valence-corrected chi connectivity index (χ4v) is 1.67. The summed E-state index contributed by atoms with van der Waals surface area (Å²) < 4.78 is 4.57. The van der Waals surface area contributed by atoms with Crippen LogP contribution in [0.1, 0.15) is 23.6 Å². The predicted molar refractivity (Wildman–Crippen MR) is 57.5 cm³/mol. The van der Waals surface area contributed by atoms with E-state index < -0.39 is 11.6 Å². The van der Waals surface area contributed by atoms with Crippen molar-refractivity contribution in [1.82, 2.24) is 0 Å². The van der Waals surface area contributed by atoms with Crippen LogP contribution in [0.5, 0.6) is 0 Å². The Kier molecular flexibility index (Phi) is 3.15. The summed E-state index contributed by atoms with van der Waals surface area (Å²) in [7, 11) is 1.26. The highest BCUT2D eigenvalue weighted by atomic mass is 16.5. The van der Waals surface area contributed by atoms with E-state index in [-0.39, 0.29) is 0 Å². The molecule has 0 bridgehead atoms. The average molecular weight is 208 g/mol. The first kappa shape index (κ1) is 11.7. The Balaban J connectivity index is 3.21. The van der Waals surface area contributed by atoms with E-state index in [2.05, 4.69) is 4.74 Å². The lowest BCUT2D eigenvalue weighted by Gasteiger charge is -2.22. The molecule has 0 aromatic heterocycles. The van der Waals surface area contributed by atoms with Crippen molar-refractivity contribution in [2.45, 2.75) is 26.4 Å². The third-order valence-corrected chi connectivity index (χ3v) is 2.49. The van der Waals surface area contributed by atoms with Crippen molar-refractivity contribution in [3.63, 3.8) is 0 Å². The molecule has 0 aliphatic heterocycles. The first-order valence-corrected chi connectivity index (χ1v) is 4.78. The number of benzene rings is 1. The second kappa shape index (κ2) is 4.03. The Labute approximate surface area is 89.7 Å². The second-order valence-corrected chi connectivity index (χ2v) is 3.88. The summed E-state index contributed by atoms with van der Waals surface area (Å²) in [5.74, 6) is -0.644. The lowest BCUT2D eigenvalue weighted by atomic mass is 9.91. The Morgan fingerprint density at radius 2 is 2.00 bits per heavy atom. The molecule has 1 rings (SSSR count). The minimum Gasteiger partial charge on any atom is -0.467 e. The molecule has 1 aromatic rings. The van der Waals surface area contributed by atoms with E-state index in [0.29, 0.717) is 5.56 Å². The molecule has 1 N–H and O–H groups in total. The molecule has 0 saturated carbocycles. The number of aryl methyl sites for hydroxylation is 2.